The molecule has 2 aliphatic heterocycles. The van der Waals surface area contributed by atoms with E-state index in [1.807, 2.05) is 30.9 Å². The predicted octanol–water partition coefficient (Wildman–Crippen LogP) is 5.21. The smallest absolute Gasteiger partial charge is 0.275 e. The van der Waals surface area contributed by atoms with Crippen LogP contribution in [0.1, 0.15) is 69.5 Å². The van der Waals surface area contributed by atoms with Gasteiger partial charge in [-0.25, -0.2) is 18.7 Å². The minimum absolute atomic E-state index is 0.0116. The van der Waals surface area contributed by atoms with E-state index < -0.39 is 16.7 Å². The number of alkyl halides is 2. The van der Waals surface area contributed by atoms with Gasteiger partial charge in [0, 0.05) is 60.0 Å². The van der Waals surface area contributed by atoms with Crippen LogP contribution in [0.4, 0.5) is 20.3 Å². The second kappa shape index (κ2) is 13.6. The third-order valence-corrected chi connectivity index (χ3v) is 9.65. The van der Waals surface area contributed by atoms with Crippen LogP contribution in [0.3, 0.4) is 0 Å². The van der Waals surface area contributed by atoms with Gasteiger partial charge in [0.05, 0.1) is 5.39 Å². The van der Waals surface area contributed by atoms with Gasteiger partial charge < -0.3 is 15.5 Å². The number of hydrogen-bond donors (Lipinski definition) is 2. The van der Waals surface area contributed by atoms with Crippen LogP contribution >= 0.6 is 0 Å². The summed E-state index contributed by atoms with van der Waals surface area (Å²) in [6.45, 7) is 6.80. The molecule has 1 fully saturated rings. The molecule has 0 aliphatic carbocycles. The number of rotatable bonds is 1. The number of halogens is 2. The van der Waals surface area contributed by atoms with E-state index in [9.17, 15) is 9.00 Å². The Morgan fingerprint density at radius 2 is 1.76 bits per heavy atom. The number of benzene rings is 1. The molecule has 8 nitrogen and oxygen atoms in total. The molecule has 4 heterocycles. The van der Waals surface area contributed by atoms with E-state index in [1.54, 1.807) is 16.7 Å². The molecule has 0 amide bonds. The summed E-state index contributed by atoms with van der Waals surface area (Å²) in [7, 11) is -0.870. The van der Waals surface area contributed by atoms with Gasteiger partial charge in [-0.2, -0.15) is 0 Å². The van der Waals surface area contributed by atoms with Crippen molar-refractivity contribution in [2.24, 2.45) is 5.92 Å². The molecule has 2 N–H and O–H groups in total. The monoisotopic (exact) mass is 600 g/mol. The number of hydrogen-bond acceptors (Lipinski definition) is 7. The molecule has 0 radical (unpaired) electrons. The van der Waals surface area contributed by atoms with Crippen molar-refractivity contribution in [3.8, 4) is 0 Å². The van der Waals surface area contributed by atoms with Crippen LogP contribution in [0, 0.1) is 5.92 Å². The highest BCUT2D eigenvalue weighted by molar-refractivity contribution is 7.85. The van der Waals surface area contributed by atoms with E-state index in [1.165, 1.54) is 12.4 Å². The zero-order valence-corrected chi connectivity index (χ0v) is 25.4. The van der Waals surface area contributed by atoms with E-state index in [4.69, 9.17) is 0 Å². The van der Waals surface area contributed by atoms with Crippen molar-refractivity contribution >= 4 is 33.3 Å². The minimum Gasteiger partial charge on any atom is -0.365 e. The molecule has 1 unspecified atom stereocenters. The Kier molecular flexibility index (Phi) is 9.88. The summed E-state index contributed by atoms with van der Waals surface area (Å²) in [5, 5.41) is 7.48. The minimum atomic E-state index is -2.94. The van der Waals surface area contributed by atoms with E-state index in [2.05, 4.69) is 20.6 Å². The molecular weight excluding hydrogens is 558 g/mol. The molecule has 11 heteroatoms. The molecule has 228 valence electrons. The molecule has 1 aromatic carbocycles. The lowest BCUT2D eigenvalue weighted by atomic mass is 9.94. The van der Waals surface area contributed by atoms with Crippen molar-refractivity contribution in [1.82, 2.24) is 19.9 Å². The number of aryl methyl sites for hydroxylation is 1. The van der Waals surface area contributed by atoms with Crippen molar-refractivity contribution in [1.29, 1.82) is 0 Å². The van der Waals surface area contributed by atoms with Crippen molar-refractivity contribution in [2.45, 2.75) is 70.9 Å². The Labute approximate surface area is 248 Å². The van der Waals surface area contributed by atoms with Crippen LogP contribution in [0.25, 0.3) is 11.0 Å². The largest absolute Gasteiger partial charge is 0.365 e. The van der Waals surface area contributed by atoms with E-state index >= 15 is 8.78 Å². The highest BCUT2D eigenvalue weighted by atomic mass is 32.2. The van der Waals surface area contributed by atoms with Crippen LogP contribution in [-0.2, 0) is 23.3 Å². The lowest BCUT2D eigenvalue weighted by Gasteiger charge is -2.29. The Bertz CT molecular complexity index is 1460. The fourth-order valence-electron chi connectivity index (χ4n) is 5.95. The zero-order valence-electron chi connectivity index (χ0n) is 24.6. The van der Waals surface area contributed by atoms with Gasteiger partial charge in [0.1, 0.15) is 23.5 Å². The second-order valence-electron chi connectivity index (χ2n) is 11.8. The van der Waals surface area contributed by atoms with Crippen LogP contribution in [0.2, 0.25) is 0 Å². The van der Waals surface area contributed by atoms with E-state index in [-0.39, 0.29) is 29.5 Å². The number of nitrogens with one attached hydrogen (secondary N) is 2. The molecule has 3 aromatic rings. The second-order valence-corrected chi connectivity index (χ2v) is 13.5. The quantitative estimate of drug-likeness (QED) is 0.397. The Morgan fingerprint density at radius 1 is 1.00 bits per heavy atom. The van der Waals surface area contributed by atoms with Gasteiger partial charge >= 0.3 is 0 Å². The number of aromatic nitrogens is 3. The average Bonchev–Trinajstić information content (AvgIpc) is 2.97. The summed E-state index contributed by atoms with van der Waals surface area (Å²) >= 11 is 0. The molecule has 6 bridgehead atoms. The number of pyridine rings is 1. The van der Waals surface area contributed by atoms with E-state index in [0.717, 1.165) is 44.2 Å². The van der Waals surface area contributed by atoms with Gasteiger partial charge in [-0.05, 0) is 56.5 Å². The van der Waals surface area contributed by atoms with Crippen LogP contribution in [0.5, 0.6) is 0 Å². The zero-order chi connectivity index (χ0) is 29.7. The standard InChI is InChI=1S/C31H42F2N6O2S/c1-22-19-31(32,33)25-10-8-9-24(17-25)23(2)37-28-26-18-27(38-13-15-42(41)16-14-38)30(40)39(29(26)36-21-35-28)12-7-5-3-4-6-11-34-20-22/h8-10,17-18,21-23,34H,3-7,11-16,19-20H2,1-2H3,(H,35,36,37)/t22?,23-/m1/s1. The average molecular weight is 601 g/mol. The van der Waals surface area contributed by atoms with Crippen molar-refractivity contribution in [3.63, 3.8) is 0 Å². The Morgan fingerprint density at radius 3 is 2.57 bits per heavy atom. The summed E-state index contributed by atoms with van der Waals surface area (Å²) in [4.78, 5) is 24.9. The van der Waals surface area contributed by atoms with Crippen molar-refractivity contribution in [2.75, 3.05) is 47.9 Å². The highest BCUT2D eigenvalue weighted by Gasteiger charge is 2.34. The summed E-state index contributed by atoms with van der Waals surface area (Å²) in [5.74, 6) is -1.51. The molecule has 5 rings (SSSR count). The molecule has 0 spiro atoms. The SMILES string of the molecule is CC1CNCCCCCCCn2c(=O)c(N3CCS(=O)CC3)cc3c(ncnc32)N[C@H](C)c2cccc(c2)C(F)(F)C1. The highest BCUT2D eigenvalue weighted by Crippen LogP contribution is 2.36. The number of anilines is 2. The molecule has 2 aliphatic rings. The fourth-order valence-corrected chi connectivity index (χ4v) is 7.00. The van der Waals surface area contributed by atoms with Crippen molar-refractivity contribution in [3.05, 3.63) is 58.1 Å². The van der Waals surface area contributed by atoms with E-state index in [0.29, 0.717) is 60.2 Å². The van der Waals surface area contributed by atoms with Crippen LogP contribution in [-0.4, -0.2) is 56.4 Å². The maximum absolute atomic E-state index is 15.4. The van der Waals surface area contributed by atoms with Crippen LogP contribution in [0.15, 0.2) is 41.5 Å². The van der Waals surface area contributed by atoms with Gasteiger partial charge in [-0.15, -0.1) is 0 Å². The Balaban J connectivity index is 1.54. The maximum atomic E-state index is 15.4. The normalized spacial score (nSPS) is 23.3. The van der Waals surface area contributed by atoms with Crippen molar-refractivity contribution < 1.29 is 13.0 Å². The van der Waals surface area contributed by atoms with Crippen LogP contribution < -0.4 is 21.1 Å². The first kappa shape index (κ1) is 30.5. The molecule has 2 atom stereocenters. The number of fused-ring (bicyclic) bond motifs is 2. The summed E-state index contributed by atoms with van der Waals surface area (Å²) in [5.41, 5.74) is 1.75. The summed E-state index contributed by atoms with van der Waals surface area (Å²) in [6.07, 6.45) is 6.12. The first-order valence-electron chi connectivity index (χ1n) is 15.2. The lowest BCUT2D eigenvalue weighted by molar-refractivity contribution is -0.0268. The molecule has 1 saturated heterocycles. The number of nitrogens with zero attached hydrogens (tertiary/aromatic N) is 4. The molecule has 42 heavy (non-hydrogen) atoms. The third kappa shape index (κ3) is 7.16. The summed E-state index contributed by atoms with van der Waals surface area (Å²) in [6, 6.07) is 8.13. The topological polar surface area (TPSA) is 92.2 Å². The fraction of sp³-hybridized carbons (Fsp3) is 0.581. The molecule has 2 aromatic heterocycles. The molecule has 0 saturated carbocycles. The lowest BCUT2D eigenvalue weighted by Crippen LogP contribution is -2.41. The van der Waals surface area contributed by atoms with Gasteiger partial charge in [0.15, 0.2) is 0 Å². The maximum Gasteiger partial charge on any atom is 0.275 e. The van der Waals surface area contributed by atoms with Gasteiger partial charge in [0.25, 0.3) is 11.5 Å². The third-order valence-electron chi connectivity index (χ3n) is 8.38. The first-order valence-corrected chi connectivity index (χ1v) is 16.7. The Hall–Kier alpha value is -2.92. The predicted molar refractivity (Wildman–Crippen MR) is 166 cm³/mol. The summed E-state index contributed by atoms with van der Waals surface area (Å²) < 4.78 is 44.5. The van der Waals surface area contributed by atoms with Gasteiger partial charge in [0.2, 0.25) is 0 Å². The first-order chi connectivity index (χ1) is 20.2. The van der Waals surface area contributed by atoms with Gasteiger partial charge in [-0.3, -0.25) is 13.6 Å². The molecular formula is C31H42F2N6O2S. The van der Waals surface area contributed by atoms with Gasteiger partial charge in [-0.1, -0.05) is 44.4 Å².